The number of aromatic nitrogens is 1. The van der Waals surface area contributed by atoms with Crippen molar-refractivity contribution in [2.45, 2.75) is 5.88 Å². The van der Waals surface area contributed by atoms with Crippen molar-refractivity contribution in [3.8, 4) is 0 Å². The zero-order valence-electron chi connectivity index (χ0n) is 11.8. The van der Waals surface area contributed by atoms with Gasteiger partial charge in [0.25, 0.3) is 0 Å². The Morgan fingerprint density at radius 1 is 1.30 bits per heavy atom. The summed E-state index contributed by atoms with van der Waals surface area (Å²) in [6.45, 7) is 0. The Morgan fingerprint density at radius 3 is 2.78 bits per heavy atom. The van der Waals surface area contributed by atoms with Crippen molar-refractivity contribution in [1.29, 1.82) is 0 Å². The second-order valence-corrected chi connectivity index (χ2v) is 7.02. The Kier molecular flexibility index (Phi) is 4.79. The molecule has 0 spiro atoms. The summed E-state index contributed by atoms with van der Waals surface area (Å²) in [6.07, 6.45) is 0. The fourth-order valence-electron chi connectivity index (χ4n) is 2.01. The van der Waals surface area contributed by atoms with Crippen LogP contribution in [0.1, 0.15) is 0 Å². The molecule has 0 aliphatic rings. The molecule has 0 saturated heterocycles. The van der Waals surface area contributed by atoms with Crippen LogP contribution in [-0.4, -0.2) is 9.73 Å². The third-order valence-corrected chi connectivity index (χ3v) is 4.64. The molecule has 0 saturated carbocycles. The van der Waals surface area contributed by atoms with Gasteiger partial charge in [-0.15, -0.1) is 0 Å². The third kappa shape index (κ3) is 3.80. The van der Waals surface area contributed by atoms with Crippen molar-refractivity contribution in [1.82, 2.24) is 4.57 Å². The van der Waals surface area contributed by atoms with Crippen molar-refractivity contribution >= 4 is 61.2 Å². The van der Waals surface area contributed by atoms with E-state index in [1.165, 1.54) is 16.3 Å². The van der Waals surface area contributed by atoms with E-state index in [0.717, 1.165) is 15.7 Å². The molecule has 5 nitrogen and oxygen atoms in total. The Balaban J connectivity index is 1.79. The van der Waals surface area contributed by atoms with Gasteiger partial charge in [-0.1, -0.05) is 27.5 Å². The lowest BCUT2D eigenvalue weighted by molar-refractivity contribution is -0.351. The molecule has 2 aromatic carbocycles. The number of benzene rings is 2. The molecule has 0 bridgehead atoms. The predicted molar refractivity (Wildman–Crippen MR) is 97.0 cm³/mol. The standard InChI is InChI=1S/C15H11BrClN3O2S/c16-9-1-6-12-13(7-9)22-15(21)20(12)8-23-14(18)19-11-4-2-10(17)3-5-11/h1-7H,8H2,(H2,18,19)/p+1. The van der Waals surface area contributed by atoms with Gasteiger partial charge in [0.1, 0.15) is 5.69 Å². The van der Waals surface area contributed by atoms with Gasteiger partial charge in [0, 0.05) is 9.50 Å². The van der Waals surface area contributed by atoms with E-state index in [9.17, 15) is 4.79 Å². The quantitative estimate of drug-likeness (QED) is 0.511. The number of hydrogen-bond donors (Lipinski definition) is 2. The van der Waals surface area contributed by atoms with Gasteiger partial charge in [0.15, 0.2) is 5.58 Å². The zero-order valence-corrected chi connectivity index (χ0v) is 14.9. The Labute approximate surface area is 149 Å². The molecule has 0 fully saturated rings. The van der Waals surface area contributed by atoms with Crippen molar-refractivity contribution in [3.63, 3.8) is 0 Å². The van der Waals surface area contributed by atoms with Crippen LogP contribution in [-0.2, 0) is 5.88 Å². The molecule has 0 aliphatic carbocycles. The average Bonchev–Trinajstić information content (AvgIpc) is 2.82. The zero-order chi connectivity index (χ0) is 16.4. The number of hydrogen-bond acceptors (Lipinski definition) is 3. The number of nitrogens with zero attached hydrogens (tertiary/aromatic N) is 1. The summed E-state index contributed by atoms with van der Waals surface area (Å²) in [6, 6.07) is 12.6. The summed E-state index contributed by atoms with van der Waals surface area (Å²) in [5, 5.41) is 1.13. The van der Waals surface area contributed by atoms with E-state index in [4.69, 9.17) is 21.8 Å². The lowest BCUT2D eigenvalue weighted by atomic mass is 10.3. The molecule has 3 aromatic rings. The highest BCUT2D eigenvalue weighted by Crippen LogP contribution is 2.20. The van der Waals surface area contributed by atoms with E-state index >= 15 is 0 Å². The lowest BCUT2D eigenvalue weighted by Crippen LogP contribution is -2.68. The number of fused-ring (bicyclic) bond motifs is 1. The predicted octanol–water partition coefficient (Wildman–Crippen LogP) is 2.43. The van der Waals surface area contributed by atoms with Crippen molar-refractivity contribution in [2.24, 2.45) is 5.73 Å². The molecule has 1 heterocycles. The van der Waals surface area contributed by atoms with Crippen LogP contribution in [0, 0.1) is 0 Å². The average molecular weight is 414 g/mol. The minimum Gasteiger partial charge on any atom is -0.408 e. The first-order valence-electron chi connectivity index (χ1n) is 6.59. The van der Waals surface area contributed by atoms with E-state index in [-0.39, 0.29) is 0 Å². The van der Waals surface area contributed by atoms with Crippen LogP contribution in [0.3, 0.4) is 0 Å². The number of rotatable bonds is 3. The summed E-state index contributed by atoms with van der Waals surface area (Å²) in [5.41, 5.74) is 8.05. The van der Waals surface area contributed by atoms with E-state index in [1.54, 1.807) is 18.2 Å². The SMILES string of the molecule is NC(=[NH+]c1ccc(Cl)cc1)SCn1c(=O)oc2cc(Br)ccc21. The molecule has 3 rings (SSSR count). The fourth-order valence-corrected chi connectivity index (χ4v) is 3.18. The maximum absolute atomic E-state index is 11.9. The maximum Gasteiger partial charge on any atom is 0.420 e. The maximum atomic E-state index is 11.9. The highest BCUT2D eigenvalue weighted by molar-refractivity contribution is 9.10. The first-order chi connectivity index (χ1) is 11.0. The van der Waals surface area contributed by atoms with Crippen LogP contribution in [0.4, 0.5) is 5.69 Å². The van der Waals surface area contributed by atoms with Gasteiger partial charge in [0.05, 0.1) is 11.4 Å². The lowest BCUT2D eigenvalue weighted by Gasteiger charge is -1.99. The molecule has 0 aliphatic heterocycles. The largest absolute Gasteiger partial charge is 0.420 e. The Bertz CT molecular complexity index is 934. The highest BCUT2D eigenvalue weighted by atomic mass is 79.9. The minimum atomic E-state index is -0.412. The van der Waals surface area contributed by atoms with Crippen LogP contribution in [0.15, 0.2) is 56.1 Å². The topological polar surface area (TPSA) is 75.1 Å². The summed E-state index contributed by atoms with van der Waals surface area (Å²) in [5.74, 6) is -0.0650. The molecule has 0 atom stereocenters. The summed E-state index contributed by atoms with van der Waals surface area (Å²) < 4.78 is 7.61. The molecule has 118 valence electrons. The minimum absolute atomic E-state index is 0.347. The number of oxazole rings is 1. The van der Waals surface area contributed by atoms with Gasteiger partial charge in [-0.25, -0.2) is 9.79 Å². The fraction of sp³-hybridized carbons (Fsp3) is 0.0667. The number of nitrogens with two attached hydrogens (primary N) is 1. The van der Waals surface area contributed by atoms with Gasteiger partial charge < -0.3 is 4.42 Å². The van der Waals surface area contributed by atoms with E-state index in [2.05, 4.69) is 20.9 Å². The number of halogens is 2. The second kappa shape index (κ2) is 6.82. The monoisotopic (exact) mass is 412 g/mol. The Hall–Kier alpha value is -1.70. The van der Waals surface area contributed by atoms with E-state index in [0.29, 0.717) is 21.7 Å². The van der Waals surface area contributed by atoms with Crippen LogP contribution in [0.5, 0.6) is 0 Å². The third-order valence-electron chi connectivity index (χ3n) is 3.09. The molecule has 8 heteroatoms. The normalized spacial score (nSPS) is 12.0. The van der Waals surface area contributed by atoms with Gasteiger partial charge in [-0.2, -0.15) is 0 Å². The molecule has 23 heavy (non-hydrogen) atoms. The molecule has 0 amide bonds. The second-order valence-electron chi connectivity index (χ2n) is 4.68. The number of thioether (sulfide) groups is 1. The first-order valence-corrected chi connectivity index (χ1v) is 8.75. The number of nitrogens with one attached hydrogen (secondary N) is 1. The van der Waals surface area contributed by atoms with Gasteiger partial charge in [0.2, 0.25) is 0 Å². The van der Waals surface area contributed by atoms with Crippen molar-refractivity contribution in [2.75, 3.05) is 0 Å². The van der Waals surface area contributed by atoms with Crippen LogP contribution in [0.25, 0.3) is 11.1 Å². The summed E-state index contributed by atoms with van der Waals surface area (Å²) in [4.78, 5) is 15.0. The highest BCUT2D eigenvalue weighted by Gasteiger charge is 2.11. The molecular formula is C15H12BrClN3O2S+. The van der Waals surface area contributed by atoms with Crippen LogP contribution < -0.4 is 16.5 Å². The molecule has 3 N–H and O–H groups in total. The molecule has 0 radical (unpaired) electrons. The van der Waals surface area contributed by atoms with E-state index in [1.807, 2.05) is 24.3 Å². The van der Waals surface area contributed by atoms with Crippen molar-refractivity contribution in [3.05, 3.63) is 62.5 Å². The van der Waals surface area contributed by atoms with Crippen molar-refractivity contribution < 1.29 is 9.41 Å². The van der Waals surface area contributed by atoms with Gasteiger partial charge >= 0.3 is 10.9 Å². The number of amidine groups is 1. The van der Waals surface area contributed by atoms with Crippen LogP contribution >= 0.6 is 39.3 Å². The van der Waals surface area contributed by atoms with Gasteiger partial charge in [-0.05, 0) is 54.2 Å². The molecule has 1 aromatic heterocycles. The van der Waals surface area contributed by atoms with Crippen LogP contribution in [0.2, 0.25) is 5.02 Å². The molecular weight excluding hydrogens is 402 g/mol. The first kappa shape index (κ1) is 16.2. The summed E-state index contributed by atoms with van der Waals surface area (Å²) >= 11 is 10.5. The molecule has 0 unspecified atom stereocenters. The summed E-state index contributed by atoms with van der Waals surface area (Å²) in [7, 11) is 0. The Morgan fingerprint density at radius 2 is 2.04 bits per heavy atom. The smallest absolute Gasteiger partial charge is 0.408 e. The van der Waals surface area contributed by atoms with Gasteiger partial charge in [-0.3, -0.25) is 10.3 Å². The van der Waals surface area contributed by atoms with E-state index < -0.39 is 5.76 Å².